The molecular weight excluding hydrogens is 232 g/mol. The molecule has 0 radical (unpaired) electrons. The lowest BCUT2D eigenvalue weighted by molar-refractivity contribution is 0.114. The molecule has 0 amide bonds. The molecule has 0 heterocycles. The Hall–Kier alpha value is -0.0800. The second kappa shape index (κ2) is 8.26. The SMILES string of the molecule is CCNC1CCC(C)CC1CN(CC(C)C)C(C)C. The van der Waals surface area contributed by atoms with Gasteiger partial charge in [0.15, 0.2) is 0 Å². The monoisotopic (exact) mass is 268 g/mol. The summed E-state index contributed by atoms with van der Waals surface area (Å²) in [4.78, 5) is 2.69. The van der Waals surface area contributed by atoms with E-state index >= 15 is 0 Å². The molecule has 0 spiro atoms. The molecular formula is C17H36N2. The predicted molar refractivity (Wildman–Crippen MR) is 85.5 cm³/mol. The summed E-state index contributed by atoms with van der Waals surface area (Å²) in [7, 11) is 0. The van der Waals surface area contributed by atoms with E-state index in [0.29, 0.717) is 6.04 Å². The fraction of sp³-hybridized carbons (Fsp3) is 1.00. The standard InChI is InChI=1S/C17H36N2/c1-7-18-17-9-8-15(6)10-16(17)12-19(14(4)5)11-13(2)3/h13-18H,7-12H2,1-6H3. The summed E-state index contributed by atoms with van der Waals surface area (Å²) in [5, 5.41) is 3.73. The number of hydrogen-bond donors (Lipinski definition) is 1. The van der Waals surface area contributed by atoms with Crippen molar-refractivity contribution in [3.05, 3.63) is 0 Å². The van der Waals surface area contributed by atoms with Crippen LogP contribution in [0.4, 0.5) is 0 Å². The van der Waals surface area contributed by atoms with Crippen molar-refractivity contribution in [2.45, 2.75) is 72.9 Å². The lowest BCUT2D eigenvalue weighted by Crippen LogP contribution is -2.47. The minimum atomic E-state index is 0.668. The van der Waals surface area contributed by atoms with Gasteiger partial charge in [0.2, 0.25) is 0 Å². The highest BCUT2D eigenvalue weighted by Crippen LogP contribution is 2.30. The van der Waals surface area contributed by atoms with Gasteiger partial charge < -0.3 is 10.2 Å². The molecule has 0 bridgehead atoms. The molecule has 1 fully saturated rings. The van der Waals surface area contributed by atoms with Gasteiger partial charge in [-0.05, 0) is 57.4 Å². The number of nitrogens with one attached hydrogen (secondary N) is 1. The van der Waals surface area contributed by atoms with E-state index in [1.165, 1.54) is 32.4 Å². The van der Waals surface area contributed by atoms with Crippen molar-refractivity contribution >= 4 is 0 Å². The van der Waals surface area contributed by atoms with Crippen molar-refractivity contribution in [2.75, 3.05) is 19.6 Å². The Kier molecular flexibility index (Phi) is 7.38. The van der Waals surface area contributed by atoms with Gasteiger partial charge in [-0.25, -0.2) is 0 Å². The highest BCUT2D eigenvalue weighted by molar-refractivity contribution is 4.86. The molecule has 1 aliphatic carbocycles. The summed E-state index contributed by atoms with van der Waals surface area (Å²) in [5.74, 6) is 2.51. The Morgan fingerprint density at radius 2 is 1.84 bits per heavy atom. The lowest BCUT2D eigenvalue weighted by Gasteiger charge is -2.40. The second-order valence-electron chi connectivity index (χ2n) is 7.28. The van der Waals surface area contributed by atoms with Crippen LogP contribution in [0.5, 0.6) is 0 Å². The Morgan fingerprint density at radius 3 is 2.37 bits per heavy atom. The second-order valence-corrected chi connectivity index (χ2v) is 7.28. The molecule has 0 saturated heterocycles. The van der Waals surface area contributed by atoms with Crippen LogP contribution < -0.4 is 5.32 Å². The van der Waals surface area contributed by atoms with Gasteiger partial charge in [0.05, 0.1) is 0 Å². The molecule has 0 aliphatic heterocycles. The molecule has 114 valence electrons. The lowest BCUT2D eigenvalue weighted by atomic mass is 9.78. The van der Waals surface area contributed by atoms with Gasteiger partial charge in [-0.1, -0.05) is 27.7 Å². The first-order valence-electron chi connectivity index (χ1n) is 8.41. The van der Waals surface area contributed by atoms with Crippen LogP contribution in [-0.2, 0) is 0 Å². The highest BCUT2D eigenvalue weighted by Gasteiger charge is 2.30. The molecule has 3 unspecified atom stereocenters. The van der Waals surface area contributed by atoms with Crippen LogP contribution in [0.25, 0.3) is 0 Å². The summed E-state index contributed by atoms with van der Waals surface area (Å²) in [6.07, 6.45) is 4.17. The zero-order valence-corrected chi connectivity index (χ0v) is 14.1. The first kappa shape index (κ1) is 17.0. The van der Waals surface area contributed by atoms with Crippen molar-refractivity contribution in [3.63, 3.8) is 0 Å². The molecule has 19 heavy (non-hydrogen) atoms. The van der Waals surface area contributed by atoms with Crippen molar-refractivity contribution in [1.82, 2.24) is 10.2 Å². The minimum Gasteiger partial charge on any atom is -0.314 e. The van der Waals surface area contributed by atoms with E-state index in [1.54, 1.807) is 0 Å². The summed E-state index contributed by atoms with van der Waals surface area (Å²) in [6, 6.07) is 1.41. The quantitative estimate of drug-likeness (QED) is 0.756. The Morgan fingerprint density at radius 1 is 1.16 bits per heavy atom. The maximum atomic E-state index is 3.73. The van der Waals surface area contributed by atoms with Crippen LogP contribution in [0, 0.1) is 17.8 Å². The van der Waals surface area contributed by atoms with Gasteiger partial charge in [-0.2, -0.15) is 0 Å². The van der Waals surface area contributed by atoms with Gasteiger partial charge >= 0.3 is 0 Å². The third-order valence-corrected chi connectivity index (χ3v) is 4.51. The van der Waals surface area contributed by atoms with E-state index in [9.17, 15) is 0 Å². The van der Waals surface area contributed by atoms with Crippen molar-refractivity contribution in [3.8, 4) is 0 Å². The van der Waals surface area contributed by atoms with E-state index in [2.05, 4.69) is 51.8 Å². The highest BCUT2D eigenvalue weighted by atomic mass is 15.2. The van der Waals surface area contributed by atoms with Crippen LogP contribution in [0.1, 0.15) is 60.8 Å². The smallest absolute Gasteiger partial charge is 0.0108 e. The maximum absolute atomic E-state index is 3.73. The minimum absolute atomic E-state index is 0.668. The molecule has 2 heteroatoms. The van der Waals surface area contributed by atoms with Gasteiger partial charge in [0.1, 0.15) is 0 Å². The number of nitrogens with zero attached hydrogens (tertiary/aromatic N) is 1. The van der Waals surface area contributed by atoms with Gasteiger partial charge in [0, 0.05) is 25.2 Å². The predicted octanol–water partition coefficient (Wildman–Crippen LogP) is 3.77. The number of hydrogen-bond acceptors (Lipinski definition) is 2. The molecule has 0 aromatic rings. The van der Waals surface area contributed by atoms with Crippen molar-refractivity contribution in [1.29, 1.82) is 0 Å². The molecule has 1 aliphatic rings. The largest absolute Gasteiger partial charge is 0.314 e. The van der Waals surface area contributed by atoms with E-state index in [-0.39, 0.29) is 0 Å². The van der Waals surface area contributed by atoms with Crippen LogP contribution in [0.3, 0.4) is 0 Å². The molecule has 3 atom stereocenters. The summed E-state index contributed by atoms with van der Waals surface area (Å²) in [5.41, 5.74) is 0. The first-order valence-corrected chi connectivity index (χ1v) is 8.41. The number of rotatable bonds is 7. The molecule has 1 rings (SSSR count). The Labute approximate surface area is 121 Å². The molecule has 1 N–H and O–H groups in total. The van der Waals surface area contributed by atoms with Crippen LogP contribution in [0.15, 0.2) is 0 Å². The van der Waals surface area contributed by atoms with E-state index in [4.69, 9.17) is 0 Å². The van der Waals surface area contributed by atoms with Gasteiger partial charge in [0.25, 0.3) is 0 Å². The average Bonchev–Trinajstić information content (AvgIpc) is 2.31. The topological polar surface area (TPSA) is 15.3 Å². The molecule has 0 aromatic carbocycles. The summed E-state index contributed by atoms with van der Waals surface area (Å²) >= 11 is 0. The first-order chi connectivity index (χ1) is 8.93. The Bertz CT molecular complexity index is 237. The van der Waals surface area contributed by atoms with Crippen LogP contribution in [0.2, 0.25) is 0 Å². The summed E-state index contributed by atoms with van der Waals surface area (Å²) < 4.78 is 0. The zero-order chi connectivity index (χ0) is 14.4. The zero-order valence-electron chi connectivity index (χ0n) is 14.1. The van der Waals surface area contributed by atoms with Crippen molar-refractivity contribution < 1.29 is 0 Å². The summed E-state index contributed by atoms with van der Waals surface area (Å²) in [6.45, 7) is 17.6. The van der Waals surface area contributed by atoms with Gasteiger partial charge in [-0.15, -0.1) is 0 Å². The molecule has 2 nitrogen and oxygen atoms in total. The van der Waals surface area contributed by atoms with Crippen LogP contribution >= 0.6 is 0 Å². The normalized spacial score (nSPS) is 28.6. The fourth-order valence-corrected chi connectivity index (χ4v) is 3.50. The molecule has 1 saturated carbocycles. The van der Waals surface area contributed by atoms with E-state index in [0.717, 1.165) is 30.3 Å². The third-order valence-electron chi connectivity index (χ3n) is 4.51. The van der Waals surface area contributed by atoms with Crippen molar-refractivity contribution in [2.24, 2.45) is 17.8 Å². The van der Waals surface area contributed by atoms with Gasteiger partial charge in [-0.3, -0.25) is 0 Å². The maximum Gasteiger partial charge on any atom is 0.0108 e. The fourth-order valence-electron chi connectivity index (χ4n) is 3.50. The van der Waals surface area contributed by atoms with E-state index in [1.807, 2.05) is 0 Å². The van der Waals surface area contributed by atoms with Crippen LogP contribution in [-0.4, -0.2) is 36.6 Å². The van der Waals surface area contributed by atoms with E-state index < -0.39 is 0 Å². The average molecular weight is 268 g/mol. The Balaban J connectivity index is 2.61. The third kappa shape index (κ3) is 5.83. The molecule has 0 aromatic heterocycles.